The Morgan fingerprint density at radius 3 is 0.940 bits per heavy atom. The summed E-state index contributed by atoms with van der Waals surface area (Å²) < 4.78 is 60.4. The molecule has 0 aliphatic rings. The molecule has 0 saturated heterocycles. The number of hydrogen-bond acceptors (Lipinski definition) is 12. The maximum atomic E-state index is 12.0. The van der Waals surface area contributed by atoms with Gasteiger partial charge in [0.25, 0.3) is 0 Å². The van der Waals surface area contributed by atoms with Crippen LogP contribution in [-0.4, -0.2) is 145 Å². The molecule has 0 fully saturated rings. The zero-order valence-corrected chi connectivity index (χ0v) is 32.3. The van der Waals surface area contributed by atoms with Gasteiger partial charge in [0.15, 0.2) is 0 Å². The van der Waals surface area contributed by atoms with Crippen LogP contribution in [0.5, 0.6) is 0 Å². The first-order valence-electron chi connectivity index (χ1n) is 19.7. The molecule has 0 aromatic rings. The van der Waals surface area contributed by atoms with E-state index in [0.717, 1.165) is 38.7 Å². The van der Waals surface area contributed by atoms with Gasteiger partial charge >= 0.3 is 5.97 Å². The largest absolute Gasteiger partial charge is 0.463 e. The number of ether oxygens (including phenoxy) is 11. The SMILES string of the molecule is CCCCCCCCCCOCCOCCOCCOCCOCCOCCOCCOCCOCCOCCOC(=O)C(CC)CCCC. The van der Waals surface area contributed by atoms with Crippen LogP contribution in [0.3, 0.4) is 0 Å². The molecule has 0 rings (SSSR count). The number of carbonyl (C=O) groups excluding carboxylic acids is 1. The number of esters is 1. The first kappa shape index (κ1) is 49.1. The van der Waals surface area contributed by atoms with Crippen molar-refractivity contribution >= 4 is 5.97 Å². The third kappa shape index (κ3) is 39.8. The topological polar surface area (TPSA) is 119 Å². The molecular formula is C38H76O12. The zero-order chi connectivity index (χ0) is 36.3. The lowest BCUT2D eigenvalue weighted by Crippen LogP contribution is -2.20. The van der Waals surface area contributed by atoms with Gasteiger partial charge in [-0.15, -0.1) is 0 Å². The minimum Gasteiger partial charge on any atom is -0.463 e. The van der Waals surface area contributed by atoms with Gasteiger partial charge in [-0.1, -0.05) is 78.6 Å². The Labute approximate surface area is 305 Å². The fourth-order valence-corrected chi connectivity index (χ4v) is 4.68. The van der Waals surface area contributed by atoms with Gasteiger partial charge in [0, 0.05) is 6.61 Å². The van der Waals surface area contributed by atoms with Gasteiger partial charge in [0.05, 0.1) is 131 Å². The molecule has 300 valence electrons. The normalized spacial score (nSPS) is 12.1. The van der Waals surface area contributed by atoms with Crippen LogP contribution in [0.1, 0.15) is 97.8 Å². The van der Waals surface area contributed by atoms with Gasteiger partial charge in [-0.25, -0.2) is 0 Å². The summed E-state index contributed by atoms with van der Waals surface area (Å²) in [5.74, 6) is -0.118. The molecule has 0 aromatic carbocycles. The summed E-state index contributed by atoms with van der Waals surface area (Å²) in [5, 5.41) is 0. The van der Waals surface area contributed by atoms with Crippen LogP contribution in [0.2, 0.25) is 0 Å². The third-order valence-corrected chi connectivity index (χ3v) is 7.69. The quantitative estimate of drug-likeness (QED) is 0.0538. The molecule has 12 heteroatoms. The molecule has 1 atom stereocenters. The maximum Gasteiger partial charge on any atom is 0.308 e. The summed E-state index contributed by atoms with van der Waals surface area (Å²) in [5.41, 5.74) is 0. The molecule has 0 amide bonds. The third-order valence-electron chi connectivity index (χ3n) is 7.69. The van der Waals surface area contributed by atoms with Crippen LogP contribution in [0, 0.1) is 5.92 Å². The van der Waals surface area contributed by atoms with E-state index in [0.29, 0.717) is 126 Å². The predicted octanol–water partition coefficient (Wildman–Crippen LogP) is 6.05. The first-order chi connectivity index (χ1) is 24.8. The van der Waals surface area contributed by atoms with Crippen molar-refractivity contribution in [3.05, 3.63) is 0 Å². The molecule has 0 radical (unpaired) electrons. The summed E-state index contributed by atoms with van der Waals surface area (Å²) >= 11 is 0. The molecule has 50 heavy (non-hydrogen) atoms. The van der Waals surface area contributed by atoms with Crippen molar-refractivity contribution in [2.45, 2.75) is 97.8 Å². The molecule has 0 heterocycles. The van der Waals surface area contributed by atoms with Gasteiger partial charge in [0.2, 0.25) is 0 Å². The van der Waals surface area contributed by atoms with E-state index < -0.39 is 0 Å². The van der Waals surface area contributed by atoms with Gasteiger partial charge in [-0.2, -0.15) is 0 Å². The van der Waals surface area contributed by atoms with Crippen molar-refractivity contribution < 1.29 is 56.9 Å². The molecule has 0 saturated carbocycles. The van der Waals surface area contributed by atoms with Crippen molar-refractivity contribution in [3.63, 3.8) is 0 Å². The van der Waals surface area contributed by atoms with Gasteiger partial charge in [-0.05, 0) is 19.3 Å². The van der Waals surface area contributed by atoms with E-state index in [-0.39, 0.29) is 18.5 Å². The number of carbonyl (C=O) groups is 1. The second-order valence-electron chi connectivity index (χ2n) is 12.0. The van der Waals surface area contributed by atoms with Crippen LogP contribution in [0.15, 0.2) is 0 Å². The Balaban J connectivity index is 3.13. The van der Waals surface area contributed by atoms with E-state index in [1.54, 1.807) is 0 Å². The van der Waals surface area contributed by atoms with Crippen molar-refractivity contribution in [1.29, 1.82) is 0 Å². The first-order valence-corrected chi connectivity index (χ1v) is 19.7. The predicted molar refractivity (Wildman–Crippen MR) is 195 cm³/mol. The number of rotatable bonds is 44. The van der Waals surface area contributed by atoms with Crippen molar-refractivity contribution in [2.24, 2.45) is 5.92 Å². The molecule has 1 unspecified atom stereocenters. The van der Waals surface area contributed by atoms with Crippen molar-refractivity contribution in [1.82, 2.24) is 0 Å². The van der Waals surface area contributed by atoms with Gasteiger partial charge in [-0.3, -0.25) is 4.79 Å². The molecule has 0 spiro atoms. The van der Waals surface area contributed by atoms with E-state index in [1.807, 2.05) is 6.92 Å². The maximum absolute atomic E-state index is 12.0. The summed E-state index contributed by atoms with van der Waals surface area (Å²) in [6.45, 7) is 17.3. The highest BCUT2D eigenvalue weighted by molar-refractivity contribution is 5.72. The van der Waals surface area contributed by atoms with Crippen molar-refractivity contribution in [2.75, 3.05) is 139 Å². The Bertz CT molecular complexity index is 643. The molecule has 0 aliphatic carbocycles. The van der Waals surface area contributed by atoms with E-state index >= 15 is 0 Å². The van der Waals surface area contributed by atoms with Gasteiger partial charge in [0.1, 0.15) is 6.61 Å². The van der Waals surface area contributed by atoms with Crippen LogP contribution in [-0.2, 0) is 56.9 Å². The summed E-state index contributed by atoms with van der Waals surface area (Å²) in [4.78, 5) is 12.0. The van der Waals surface area contributed by atoms with E-state index in [4.69, 9.17) is 52.1 Å². The highest BCUT2D eigenvalue weighted by atomic mass is 16.6. The lowest BCUT2D eigenvalue weighted by molar-refractivity contribution is -0.150. The Morgan fingerprint density at radius 1 is 0.340 bits per heavy atom. The van der Waals surface area contributed by atoms with Gasteiger partial charge < -0.3 is 52.1 Å². The average Bonchev–Trinajstić information content (AvgIpc) is 3.13. The Kier molecular flexibility index (Phi) is 43.4. The standard InChI is InChI=1S/C38H76O12/c1-4-7-9-10-11-12-13-14-16-40-17-18-41-19-20-42-21-22-43-23-24-44-25-26-45-27-28-46-29-30-47-31-32-48-33-34-49-35-36-50-38(39)37(6-3)15-8-5-2/h37H,4-36H2,1-3H3. The van der Waals surface area contributed by atoms with Crippen LogP contribution >= 0.6 is 0 Å². The fourth-order valence-electron chi connectivity index (χ4n) is 4.68. The molecule has 0 bridgehead atoms. The summed E-state index contributed by atoms with van der Waals surface area (Å²) in [6.07, 6.45) is 14.4. The van der Waals surface area contributed by atoms with Crippen LogP contribution < -0.4 is 0 Å². The average molecular weight is 725 g/mol. The summed E-state index contributed by atoms with van der Waals surface area (Å²) in [7, 11) is 0. The summed E-state index contributed by atoms with van der Waals surface area (Å²) in [6, 6.07) is 0. The van der Waals surface area contributed by atoms with Crippen LogP contribution in [0.25, 0.3) is 0 Å². The molecular weight excluding hydrogens is 648 g/mol. The molecule has 0 aromatic heterocycles. The van der Waals surface area contributed by atoms with E-state index in [1.165, 1.54) is 44.9 Å². The smallest absolute Gasteiger partial charge is 0.308 e. The number of unbranched alkanes of at least 4 members (excludes halogenated alkanes) is 8. The minimum absolute atomic E-state index is 0.00113. The Morgan fingerprint density at radius 2 is 0.620 bits per heavy atom. The Hall–Kier alpha value is -0.930. The van der Waals surface area contributed by atoms with Crippen molar-refractivity contribution in [3.8, 4) is 0 Å². The molecule has 12 nitrogen and oxygen atoms in total. The zero-order valence-electron chi connectivity index (χ0n) is 32.3. The number of hydrogen-bond donors (Lipinski definition) is 0. The highest BCUT2D eigenvalue weighted by Crippen LogP contribution is 2.14. The monoisotopic (exact) mass is 725 g/mol. The lowest BCUT2D eigenvalue weighted by atomic mass is 10.00. The molecule has 0 aliphatic heterocycles. The van der Waals surface area contributed by atoms with E-state index in [2.05, 4.69) is 13.8 Å². The minimum atomic E-state index is -0.117. The molecule has 0 N–H and O–H groups in total. The van der Waals surface area contributed by atoms with E-state index in [9.17, 15) is 4.79 Å². The highest BCUT2D eigenvalue weighted by Gasteiger charge is 2.16. The fraction of sp³-hybridized carbons (Fsp3) is 0.974. The lowest BCUT2D eigenvalue weighted by Gasteiger charge is -2.13. The second kappa shape index (κ2) is 44.2. The van der Waals surface area contributed by atoms with Crippen LogP contribution in [0.4, 0.5) is 0 Å². The second-order valence-corrected chi connectivity index (χ2v) is 12.0.